The third kappa shape index (κ3) is 4.02. The molecule has 1 aliphatic rings. The molecule has 1 saturated carbocycles. The van der Waals surface area contributed by atoms with Gasteiger partial charge in [-0.25, -0.2) is 0 Å². The monoisotopic (exact) mass is 366 g/mol. The summed E-state index contributed by atoms with van der Waals surface area (Å²) in [5.41, 5.74) is 1.74. The molecule has 0 spiro atoms. The van der Waals surface area contributed by atoms with Gasteiger partial charge in [-0.1, -0.05) is 19.3 Å². The van der Waals surface area contributed by atoms with Gasteiger partial charge < -0.3 is 19.8 Å². The molecule has 1 amide bonds. The molecule has 4 rings (SSSR count). The summed E-state index contributed by atoms with van der Waals surface area (Å²) in [7, 11) is 1.56. The standard InChI is InChI=1S/C20H22N4O3/c1-21-19(25)17-11-15(9-10-22-17)26-14-7-8-16-18(12-14)27-20(24-16)23-13-5-3-2-4-6-13/h7-13H,2-6H2,1H3,(H,21,25)(H,23,24). The minimum Gasteiger partial charge on any atom is -0.457 e. The highest BCUT2D eigenvalue weighted by molar-refractivity contribution is 5.92. The Morgan fingerprint density at radius 3 is 2.78 bits per heavy atom. The predicted molar refractivity (Wildman–Crippen MR) is 102 cm³/mol. The van der Waals surface area contributed by atoms with Crippen LogP contribution < -0.4 is 15.4 Å². The fraction of sp³-hybridized carbons (Fsp3) is 0.350. The SMILES string of the molecule is CNC(=O)c1cc(Oc2ccc3nc(NC4CCCCC4)oc3c2)ccn1. The van der Waals surface area contributed by atoms with Crippen molar-refractivity contribution in [2.24, 2.45) is 0 Å². The van der Waals surface area contributed by atoms with Crippen LogP contribution in [0.5, 0.6) is 11.5 Å². The van der Waals surface area contributed by atoms with E-state index in [0.29, 0.717) is 34.8 Å². The van der Waals surface area contributed by atoms with Gasteiger partial charge in [-0.05, 0) is 31.0 Å². The fourth-order valence-corrected chi connectivity index (χ4v) is 3.31. The maximum Gasteiger partial charge on any atom is 0.295 e. The number of carbonyl (C=O) groups is 1. The van der Waals surface area contributed by atoms with Crippen LogP contribution in [0.4, 0.5) is 6.01 Å². The molecule has 1 aromatic carbocycles. The number of oxazole rings is 1. The second-order valence-electron chi connectivity index (χ2n) is 6.69. The smallest absolute Gasteiger partial charge is 0.295 e. The van der Waals surface area contributed by atoms with Gasteiger partial charge >= 0.3 is 0 Å². The zero-order chi connectivity index (χ0) is 18.6. The quantitative estimate of drug-likeness (QED) is 0.706. The van der Waals surface area contributed by atoms with E-state index in [1.165, 1.54) is 19.3 Å². The van der Waals surface area contributed by atoms with Crippen molar-refractivity contribution in [1.29, 1.82) is 0 Å². The van der Waals surface area contributed by atoms with Crippen molar-refractivity contribution in [1.82, 2.24) is 15.3 Å². The van der Waals surface area contributed by atoms with Crippen molar-refractivity contribution in [2.75, 3.05) is 12.4 Å². The first-order chi connectivity index (χ1) is 13.2. The molecule has 140 valence electrons. The highest BCUT2D eigenvalue weighted by Crippen LogP contribution is 2.29. The Morgan fingerprint density at radius 1 is 1.15 bits per heavy atom. The molecular formula is C20H22N4O3. The van der Waals surface area contributed by atoms with Gasteiger partial charge in [0.05, 0.1) is 0 Å². The Hall–Kier alpha value is -3.09. The number of fused-ring (bicyclic) bond motifs is 1. The number of ether oxygens (including phenoxy) is 1. The summed E-state index contributed by atoms with van der Waals surface area (Å²) in [5, 5.41) is 5.94. The zero-order valence-electron chi connectivity index (χ0n) is 15.2. The summed E-state index contributed by atoms with van der Waals surface area (Å²) >= 11 is 0. The van der Waals surface area contributed by atoms with E-state index < -0.39 is 0 Å². The van der Waals surface area contributed by atoms with Gasteiger partial charge in [0, 0.05) is 31.4 Å². The molecule has 27 heavy (non-hydrogen) atoms. The summed E-state index contributed by atoms with van der Waals surface area (Å²) < 4.78 is 11.7. The molecule has 0 radical (unpaired) electrons. The van der Waals surface area contributed by atoms with Gasteiger partial charge in [-0.3, -0.25) is 9.78 Å². The van der Waals surface area contributed by atoms with Gasteiger partial charge in [0.1, 0.15) is 22.7 Å². The van der Waals surface area contributed by atoms with E-state index in [0.717, 1.165) is 18.4 Å². The van der Waals surface area contributed by atoms with E-state index in [4.69, 9.17) is 9.15 Å². The molecule has 2 aromatic heterocycles. The molecule has 7 heteroatoms. The van der Waals surface area contributed by atoms with Crippen LogP contribution in [0.25, 0.3) is 11.1 Å². The molecule has 0 bridgehead atoms. The molecule has 3 aromatic rings. The fourth-order valence-electron chi connectivity index (χ4n) is 3.31. The summed E-state index contributed by atoms with van der Waals surface area (Å²) in [4.78, 5) is 20.2. The predicted octanol–water partition coefficient (Wildman–Crippen LogP) is 4.12. The number of pyridine rings is 1. The Labute approximate surface area is 157 Å². The number of aromatic nitrogens is 2. The Bertz CT molecular complexity index is 947. The topological polar surface area (TPSA) is 89.3 Å². The lowest BCUT2D eigenvalue weighted by Crippen LogP contribution is -2.22. The summed E-state index contributed by atoms with van der Waals surface area (Å²) in [6.07, 6.45) is 7.66. The van der Waals surface area contributed by atoms with Crippen LogP contribution in [0.1, 0.15) is 42.6 Å². The van der Waals surface area contributed by atoms with Crippen LogP contribution in [0.15, 0.2) is 40.9 Å². The van der Waals surface area contributed by atoms with Crippen molar-refractivity contribution >= 4 is 23.0 Å². The highest BCUT2D eigenvalue weighted by atomic mass is 16.5. The molecule has 1 fully saturated rings. The lowest BCUT2D eigenvalue weighted by atomic mass is 9.96. The van der Waals surface area contributed by atoms with E-state index in [-0.39, 0.29) is 5.91 Å². The van der Waals surface area contributed by atoms with Gasteiger partial charge in [-0.2, -0.15) is 4.98 Å². The summed E-state index contributed by atoms with van der Waals surface area (Å²) in [6, 6.07) is 9.78. The largest absolute Gasteiger partial charge is 0.457 e. The molecule has 0 aliphatic heterocycles. The third-order valence-corrected chi connectivity index (χ3v) is 4.72. The Morgan fingerprint density at radius 2 is 1.96 bits per heavy atom. The molecule has 0 saturated heterocycles. The number of rotatable bonds is 5. The third-order valence-electron chi connectivity index (χ3n) is 4.72. The van der Waals surface area contributed by atoms with Crippen LogP contribution in [0.3, 0.4) is 0 Å². The minimum atomic E-state index is -0.260. The highest BCUT2D eigenvalue weighted by Gasteiger charge is 2.16. The van der Waals surface area contributed by atoms with Crippen molar-refractivity contribution in [3.8, 4) is 11.5 Å². The first-order valence-corrected chi connectivity index (χ1v) is 9.24. The van der Waals surface area contributed by atoms with Gasteiger partial charge in [0.15, 0.2) is 5.58 Å². The van der Waals surface area contributed by atoms with Gasteiger partial charge in [0.25, 0.3) is 11.9 Å². The van der Waals surface area contributed by atoms with Crippen molar-refractivity contribution in [3.63, 3.8) is 0 Å². The first-order valence-electron chi connectivity index (χ1n) is 9.24. The van der Waals surface area contributed by atoms with Crippen molar-refractivity contribution < 1.29 is 13.9 Å². The molecular weight excluding hydrogens is 344 g/mol. The lowest BCUT2D eigenvalue weighted by molar-refractivity contribution is 0.0958. The lowest BCUT2D eigenvalue weighted by Gasteiger charge is -2.21. The van der Waals surface area contributed by atoms with E-state index >= 15 is 0 Å². The molecule has 2 N–H and O–H groups in total. The average molecular weight is 366 g/mol. The van der Waals surface area contributed by atoms with E-state index in [1.54, 1.807) is 31.4 Å². The van der Waals surface area contributed by atoms with Crippen LogP contribution >= 0.6 is 0 Å². The molecule has 1 aliphatic carbocycles. The average Bonchev–Trinajstić information content (AvgIpc) is 3.10. The van der Waals surface area contributed by atoms with E-state index in [9.17, 15) is 4.79 Å². The van der Waals surface area contributed by atoms with E-state index in [1.807, 2.05) is 12.1 Å². The van der Waals surface area contributed by atoms with Crippen LogP contribution in [0, 0.1) is 0 Å². The van der Waals surface area contributed by atoms with Gasteiger partial charge in [0.2, 0.25) is 0 Å². The maximum atomic E-state index is 11.7. The van der Waals surface area contributed by atoms with Crippen LogP contribution in [-0.4, -0.2) is 29.0 Å². The van der Waals surface area contributed by atoms with Crippen LogP contribution in [0.2, 0.25) is 0 Å². The second-order valence-corrected chi connectivity index (χ2v) is 6.69. The number of anilines is 1. The maximum absolute atomic E-state index is 11.7. The Balaban J connectivity index is 1.50. The van der Waals surface area contributed by atoms with Crippen LogP contribution in [-0.2, 0) is 0 Å². The molecule has 2 heterocycles. The number of hydrogen-bond donors (Lipinski definition) is 2. The minimum absolute atomic E-state index is 0.260. The number of nitrogens with one attached hydrogen (secondary N) is 2. The Kier molecular flexibility index (Phi) is 4.91. The number of benzene rings is 1. The molecule has 0 atom stereocenters. The normalized spacial score (nSPS) is 14.9. The summed E-state index contributed by atoms with van der Waals surface area (Å²) in [6.45, 7) is 0. The second kappa shape index (κ2) is 7.65. The number of hydrogen-bond acceptors (Lipinski definition) is 6. The van der Waals surface area contributed by atoms with E-state index in [2.05, 4.69) is 20.6 Å². The first kappa shape index (κ1) is 17.3. The summed E-state index contributed by atoms with van der Waals surface area (Å²) in [5.74, 6) is 0.879. The number of carbonyl (C=O) groups excluding carboxylic acids is 1. The number of amides is 1. The molecule has 0 unspecified atom stereocenters. The van der Waals surface area contributed by atoms with Crippen molar-refractivity contribution in [2.45, 2.75) is 38.1 Å². The van der Waals surface area contributed by atoms with Gasteiger partial charge in [-0.15, -0.1) is 0 Å². The number of nitrogens with zero attached hydrogens (tertiary/aromatic N) is 2. The zero-order valence-corrected chi connectivity index (χ0v) is 15.2. The molecule has 7 nitrogen and oxygen atoms in total. The van der Waals surface area contributed by atoms with Crippen molar-refractivity contribution in [3.05, 3.63) is 42.2 Å².